The van der Waals surface area contributed by atoms with Gasteiger partial charge in [0, 0.05) is 58.4 Å². The Bertz CT molecular complexity index is 748. The third-order valence-electron chi connectivity index (χ3n) is 6.02. The molecule has 7 heteroatoms. The van der Waals surface area contributed by atoms with Crippen molar-refractivity contribution in [3.05, 3.63) is 41.6 Å². The van der Waals surface area contributed by atoms with Crippen LogP contribution < -0.4 is 5.32 Å². The van der Waals surface area contributed by atoms with Crippen molar-refractivity contribution in [1.29, 1.82) is 0 Å². The van der Waals surface area contributed by atoms with Gasteiger partial charge in [-0.15, -0.1) is 12.4 Å². The SMILES string of the molecule is CC(=O)N1C=Cc2ccccc2C1CC(=O)N1CCC(N2CCNCC2)C1.Cl. The molecule has 0 spiro atoms. The lowest BCUT2D eigenvalue weighted by Crippen LogP contribution is -2.49. The maximum Gasteiger partial charge on any atom is 0.225 e. The number of fused-ring (bicyclic) bond motifs is 1. The smallest absolute Gasteiger partial charge is 0.225 e. The number of amides is 2. The molecule has 3 aliphatic rings. The highest BCUT2D eigenvalue weighted by atomic mass is 35.5. The minimum absolute atomic E-state index is 0. The fourth-order valence-corrected chi connectivity index (χ4v) is 4.52. The number of nitrogens with zero attached hydrogens (tertiary/aromatic N) is 3. The molecule has 2 unspecified atom stereocenters. The molecule has 0 saturated carbocycles. The summed E-state index contributed by atoms with van der Waals surface area (Å²) in [5.41, 5.74) is 2.15. The van der Waals surface area contributed by atoms with Crippen LogP contribution >= 0.6 is 12.4 Å². The number of hydrogen-bond donors (Lipinski definition) is 1. The van der Waals surface area contributed by atoms with Crippen LogP contribution in [0.4, 0.5) is 0 Å². The molecule has 0 aromatic heterocycles. The summed E-state index contributed by atoms with van der Waals surface area (Å²) in [6, 6.07) is 8.29. The Morgan fingerprint density at radius 1 is 1.14 bits per heavy atom. The summed E-state index contributed by atoms with van der Waals surface area (Å²) in [7, 11) is 0. The van der Waals surface area contributed by atoms with E-state index >= 15 is 0 Å². The standard InChI is InChI=1S/C21H28N4O2.ClH/c1-16(26)25-11-6-17-4-2-3-5-19(17)20(25)14-21(27)24-10-7-18(15-24)23-12-8-22-9-13-23;/h2-6,11,18,20,22H,7-10,12-15H2,1H3;1H. The van der Waals surface area contributed by atoms with Crippen molar-refractivity contribution in [1.82, 2.24) is 20.0 Å². The van der Waals surface area contributed by atoms with Crippen LogP contribution in [0.2, 0.25) is 0 Å². The number of rotatable bonds is 3. The molecule has 0 bridgehead atoms. The highest BCUT2D eigenvalue weighted by Gasteiger charge is 2.34. The van der Waals surface area contributed by atoms with Gasteiger partial charge in [-0.25, -0.2) is 0 Å². The number of carbonyl (C=O) groups is 2. The summed E-state index contributed by atoms with van der Waals surface area (Å²) in [4.78, 5) is 31.4. The Balaban J connectivity index is 0.00000225. The summed E-state index contributed by atoms with van der Waals surface area (Å²) in [6.45, 7) is 7.37. The average Bonchev–Trinajstić information content (AvgIpc) is 3.19. The van der Waals surface area contributed by atoms with E-state index < -0.39 is 0 Å². The molecule has 4 rings (SSSR count). The van der Waals surface area contributed by atoms with Gasteiger partial charge in [0.15, 0.2) is 0 Å². The first-order chi connectivity index (χ1) is 13.1. The van der Waals surface area contributed by atoms with E-state index in [4.69, 9.17) is 0 Å². The van der Waals surface area contributed by atoms with Crippen molar-refractivity contribution >= 4 is 30.3 Å². The summed E-state index contributed by atoms with van der Waals surface area (Å²) in [6.07, 6.45) is 5.16. The van der Waals surface area contributed by atoms with E-state index in [2.05, 4.69) is 10.2 Å². The van der Waals surface area contributed by atoms with Crippen molar-refractivity contribution in [3.63, 3.8) is 0 Å². The van der Waals surface area contributed by atoms with Crippen LogP contribution in [0.25, 0.3) is 6.08 Å². The molecular formula is C21H29ClN4O2. The van der Waals surface area contributed by atoms with Gasteiger partial charge in [0.1, 0.15) is 0 Å². The zero-order valence-corrected chi connectivity index (χ0v) is 17.2. The molecule has 1 N–H and O–H groups in total. The molecule has 0 radical (unpaired) electrons. The maximum atomic E-state index is 13.1. The van der Waals surface area contributed by atoms with Crippen LogP contribution in [-0.4, -0.2) is 71.8 Å². The van der Waals surface area contributed by atoms with Gasteiger partial charge in [-0.3, -0.25) is 14.5 Å². The molecule has 152 valence electrons. The van der Waals surface area contributed by atoms with Crippen LogP contribution in [0.15, 0.2) is 30.5 Å². The van der Waals surface area contributed by atoms with E-state index in [1.54, 1.807) is 11.8 Å². The fraction of sp³-hybridized carbons (Fsp3) is 0.524. The molecule has 2 saturated heterocycles. The van der Waals surface area contributed by atoms with E-state index in [-0.39, 0.29) is 30.3 Å². The molecule has 0 aliphatic carbocycles. The summed E-state index contributed by atoms with van der Waals surface area (Å²) in [5, 5.41) is 3.39. The Kier molecular flexibility index (Phi) is 6.75. The third-order valence-corrected chi connectivity index (χ3v) is 6.02. The second-order valence-corrected chi connectivity index (χ2v) is 7.66. The second kappa shape index (κ2) is 9.07. The van der Waals surface area contributed by atoms with Crippen molar-refractivity contribution in [2.75, 3.05) is 39.3 Å². The molecule has 3 aliphatic heterocycles. The number of halogens is 1. The van der Waals surface area contributed by atoms with Crippen LogP contribution in [0.3, 0.4) is 0 Å². The van der Waals surface area contributed by atoms with Gasteiger partial charge in [-0.05, 0) is 23.6 Å². The van der Waals surface area contributed by atoms with Gasteiger partial charge in [0.2, 0.25) is 11.8 Å². The Labute approximate surface area is 173 Å². The molecule has 28 heavy (non-hydrogen) atoms. The summed E-state index contributed by atoms with van der Waals surface area (Å²) in [5.74, 6) is 0.118. The van der Waals surface area contributed by atoms with E-state index in [0.717, 1.165) is 56.8 Å². The van der Waals surface area contributed by atoms with Gasteiger partial charge >= 0.3 is 0 Å². The van der Waals surface area contributed by atoms with Gasteiger partial charge in [-0.2, -0.15) is 0 Å². The Hall–Kier alpha value is -1.89. The lowest BCUT2D eigenvalue weighted by molar-refractivity contribution is -0.134. The van der Waals surface area contributed by atoms with Gasteiger partial charge in [0.25, 0.3) is 0 Å². The number of piperazine rings is 1. The normalized spacial score (nSPS) is 24.6. The molecule has 2 atom stereocenters. The number of benzene rings is 1. The lowest BCUT2D eigenvalue weighted by atomic mass is 9.93. The molecule has 2 fully saturated rings. The van der Waals surface area contributed by atoms with Gasteiger partial charge in [-0.1, -0.05) is 24.3 Å². The monoisotopic (exact) mass is 404 g/mol. The zero-order valence-electron chi connectivity index (χ0n) is 16.3. The Morgan fingerprint density at radius 3 is 2.64 bits per heavy atom. The first-order valence-electron chi connectivity index (χ1n) is 9.92. The highest BCUT2D eigenvalue weighted by Crippen LogP contribution is 2.33. The average molecular weight is 405 g/mol. The van der Waals surface area contributed by atoms with Crippen LogP contribution in [0, 0.1) is 0 Å². The second-order valence-electron chi connectivity index (χ2n) is 7.66. The van der Waals surface area contributed by atoms with Gasteiger partial charge < -0.3 is 15.1 Å². The molecule has 1 aromatic carbocycles. The van der Waals surface area contributed by atoms with Crippen molar-refractivity contribution in [3.8, 4) is 0 Å². The summed E-state index contributed by atoms with van der Waals surface area (Å²) >= 11 is 0. The van der Waals surface area contributed by atoms with Gasteiger partial charge in [0.05, 0.1) is 12.5 Å². The van der Waals surface area contributed by atoms with E-state index in [9.17, 15) is 9.59 Å². The zero-order chi connectivity index (χ0) is 18.8. The topological polar surface area (TPSA) is 55.9 Å². The van der Waals surface area contributed by atoms with Crippen molar-refractivity contribution in [2.45, 2.75) is 31.8 Å². The predicted molar refractivity (Wildman–Crippen MR) is 112 cm³/mol. The predicted octanol–water partition coefficient (Wildman–Crippen LogP) is 1.88. The maximum absolute atomic E-state index is 13.1. The number of nitrogens with one attached hydrogen (secondary N) is 1. The van der Waals surface area contributed by atoms with Crippen molar-refractivity contribution < 1.29 is 9.59 Å². The van der Waals surface area contributed by atoms with Crippen LogP contribution in [0.5, 0.6) is 0 Å². The van der Waals surface area contributed by atoms with E-state index in [1.165, 1.54) is 0 Å². The minimum atomic E-state index is -0.213. The Morgan fingerprint density at radius 2 is 1.89 bits per heavy atom. The minimum Gasteiger partial charge on any atom is -0.341 e. The lowest BCUT2D eigenvalue weighted by Gasteiger charge is -2.34. The molecule has 1 aromatic rings. The fourth-order valence-electron chi connectivity index (χ4n) is 4.52. The molecule has 6 nitrogen and oxygen atoms in total. The molecular weight excluding hydrogens is 376 g/mol. The largest absolute Gasteiger partial charge is 0.341 e. The van der Waals surface area contributed by atoms with Crippen LogP contribution in [0.1, 0.15) is 36.9 Å². The van der Waals surface area contributed by atoms with E-state index in [0.29, 0.717) is 12.5 Å². The van der Waals surface area contributed by atoms with E-state index in [1.807, 2.05) is 41.4 Å². The summed E-state index contributed by atoms with van der Waals surface area (Å²) < 4.78 is 0. The number of hydrogen-bond acceptors (Lipinski definition) is 4. The number of carbonyl (C=O) groups excluding carboxylic acids is 2. The first-order valence-corrected chi connectivity index (χ1v) is 9.92. The highest BCUT2D eigenvalue weighted by molar-refractivity contribution is 5.85. The first kappa shape index (κ1) is 20.8. The quantitative estimate of drug-likeness (QED) is 0.835. The molecule has 3 heterocycles. The van der Waals surface area contributed by atoms with Crippen molar-refractivity contribution in [2.24, 2.45) is 0 Å². The molecule has 2 amide bonds. The van der Waals surface area contributed by atoms with Crippen LogP contribution in [-0.2, 0) is 9.59 Å². The number of likely N-dealkylation sites (tertiary alicyclic amines) is 1. The third kappa shape index (κ3) is 4.24.